The Balaban J connectivity index is 2.25. The van der Waals surface area contributed by atoms with E-state index >= 15 is 0 Å². The maximum absolute atomic E-state index is 5.89. The lowest BCUT2D eigenvalue weighted by Gasteiger charge is -2.11. The summed E-state index contributed by atoms with van der Waals surface area (Å²) in [7, 11) is 0. The number of nitrogens with two attached hydrogens (primary N) is 2. The van der Waals surface area contributed by atoms with E-state index in [-0.39, 0.29) is 0 Å². The molecular weight excluding hydrogens is 236 g/mol. The molecule has 0 aliphatic heterocycles. The van der Waals surface area contributed by atoms with Crippen LogP contribution in [0.1, 0.15) is 25.0 Å². The first kappa shape index (κ1) is 13.3. The summed E-state index contributed by atoms with van der Waals surface area (Å²) >= 11 is 0. The van der Waals surface area contributed by atoms with Crippen LogP contribution in [0.3, 0.4) is 0 Å². The highest BCUT2D eigenvalue weighted by Crippen LogP contribution is 2.27. The van der Waals surface area contributed by atoms with Crippen LogP contribution in [0.2, 0.25) is 0 Å². The first-order chi connectivity index (χ1) is 9.13. The van der Waals surface area contributed by atoms with E-state index in [2.05, 4.69) is 13.8 Å². The molecule has 0 aliphatic carbocycles. The molecule has 0 unspecified atom stereocenters. The SMILES string of the molecule is CCc1cc(Oc2ccc(N)c(CC)c2)ccc1N. The molecule has 3 nitrogen and oxygen atoms in total. The van der Waals surface area contributed by atoms with Crippen molar-refractivity contribution >= 4 is 11.4 Å². The number of anilines is 2. The number of hydrogen-bond donors (Lipinski definition) is 2. The molecule has 0 saturated carbocycles. The first-order valence-corrected chi connectivity index (χ1v) is 6.58. The highest BCUT2D eigenvalue weighted by atomic mass is 16.5. The molecule has 19 heavy (non-hydrogen) atoms. The molecule has 0 fully saturated rings. The van der Waals surface area contributed by atoms with Gasteiger partial charge in [-0.2, -0.15) is 0 Å². The van der Waals surface area contributed by atoms with Gasteiger partial charge < -0.3 is 16.2 Å². The van der Waals surface area contributed by atoms with Crippen LogP contribution in [0.25, 0.3) is 0 Å². The maximum atomic E-state index is 5.89. The van der Waals surface area contributed by atoms with Crippen LogP contribution in [0.15, 0.2) is 36.4 Å². The van der Waals surface area contributed by atoms with Crippen molar-refractivity contribution in [3.63, 3.8) is 0 Å². The quantitative estimate of drug-likeness (QED) is 0.818. The van der Waals surface area contributed by atoms with Gasteiger partial charge >= 0.3 is 0 Å². The number of rotatable bonds is 4. The molecule has 2 aromatic rings. The predicted molar refractivity (Wildman–Crippen MR) is 80.5 cm³/mol. The van der Waals surface area contributed by atoms with E-state index in [1.54, 1.807) is 0 Å². The second-order valence-electron chi connectivity index (χ2n) is 4.53. The van der Waals surface area contributed by atoms with Crippen molar-refractivity contribution in [2.24, 2.45) is 0 Å². The lowest BCUT2D eigenvalue weighted by atomic mass is 10.1. The van der Waals surface area contributed by atoms with Gasteiger partial charge in [0.15, 0.2) is 0 Å². The van der Waals surface area contributed by atoms with E-state index < -0.39 is 0 Å². The summed E-state index contributed by atoms with van der Waals surface area (Å²) in [5.74, 6) is 1.61. The lowest BCUT2D eigenvalue weighted by molar-refractivity contribution is 0.481. The Hall–Kier alpha value is -2.16. The molecule has 0 aromatic heterocycles. The van der Waals surface area contributed by atoms with Crippen molar-refractivity contribution in [3.05, 3.63) is 47.5 Å². The van der Waals surface area contributed by atoms with Gasteiger partial charge in [0.2, 0.25) is 0 Å². The highest BCUT2D eigenvalue weighted by molar-refractivity contribution is 5.53. The Kier molecular flexibility index (Phi) is 3.95. The summed E-state index contributed by atoms with van der Waals surface area (Å²) < 4.78 is 5.86. The van der Waals surface area contributed by atoms with Crippen molar-refractivity contribution in [1.29, 1.82) is 0 Å². The molecule has 0 spiro atoms. The number of hydrogen-bond acceptors (Lipinski definition) is 3. The van der Waals surface area contributed by atoms with Gasteiger partial charge in [0, 0.05) is 11.4 Å². The Labute approximate surface area is 114 Å². The summed E-state index contributed by atoms with van der Waals surface area (Å²) in [5, 5.41) is 0. The third kappa shape index (κ3) is 2.99. The third-order valence-corrected chi connectivity index (χ3v) is 3.23. The standard InChI is InChI=1S/C16H20N2O/c1-3-11-9-13(5-7-15(11)17)19-14-6-8-16(18)12(4-2)10-14/h5-10H,3-4,17-18H2,1-2H3. The van der Waals surface area contributed by atoms with Crippen LogP contribution >= 0.6 is 0 Å². The number of ether oxygens (including phenoxy) is 1. The van der Waals surface area contributed by atoms with Crippen LogP contribution in [0.5, 0.6) is 11.5 Å². The van der Waals surface area contributed by atoms with Gasteiger partial charge in [-0.1, -0.05) is 13.8 Å². The lowest BCUT2D eigenvalue weighted by Crippen LogP contribution is -1.95. The normalized spacial score (nSPS) is 10.4. The van der Waals surface area contributed by atoms with Gasteiger partial charge in [0.05, 0.1) is 0 Å². The summed E-state index contributed by atoms with van der Waals surface area (Å²) in [6.45, 7) is 4.15. The molecular formula is C16H20N2O. The molecule has 0 bridgehead atoms. The topological polar surface area (TPSA) is 61.3 Å². The molecule has 100 valence electrons. The molecule has 0 heterocycles. The third-order valence-electron chi connectivity index (χ3n) is 3.23. The average molecular weight is 256 g/mol. The smallest absolute Gasteiger partial charge is 0.127 e. The van der Waals surface area contributed by atoms with E-state index in [1.807, 2.05) is 36.4 Å². The summed E-state index contributed by atoms with van der Waals surface area (Å²) in [4.78, 5) is 0. The van der Waals surface area contributed by atoms with Gasteiger partial charge in [0.1, 0.15) is 11.5 Å². The molecule has 0 saturated heterocycles. The van der Waals surface area contributed by atoms with Gasteiger partial charge in [-0.25, -0.2) is 0 Å². The van der Waals surface area contributed by atoms with Crippen LogP contribution < -0.4 is 16.2 Å². The molecule has 0 atom stereocenters. The average Bonchev–Trinajstić information content (AvgIpc) is 2.43. The van der Waals surface area contributed by atoms with Crippen molar-refractivity contribution in [2.45, 2.75) is 26.7 Å². The highest BCUT2D eigenvalue weighted by Gasteiger charge is 2.04. The molecule has 3 heteroatoms. The predicted octanol–water partition coefficient (Wildman–Crippen LogP) is 3.77. The minimum Gasteiger partial charge on any atom is -0.457 e. The van der Waals surface area contributed by atoms with Gasteiger partial charge in [-0.15, -0.1) is 0 Å². The Morgan fingerprint density at radius 1 is 0.789 bits per heavy atom. The van der Waals surface area contributed by atoms with Crippen molar-refractivity contribution in [2.75, 3.05) is 11.5 Å². The van der Waals surface area contributed by atoms with E-state index in [4.69, 9.17) is 16.2 Å². The van der Waals surface area contributed by atoms with Gasteiger partial charge in [-0.3, -0.25) is 0 Å². The summed E-state index contributed by atoms with van der Waals surface area (Å²) in [6, 6.07) is 11.5. The second kappa shape index (κ2) is 5.65. The zero-order chi connectivity index (χ0) is 13.8. The van der Waals surface area contributed by atoms with E-state index in [0.29, 0.717) is 0 Å². The van der Waals surface area contributed by atoms with Crippen LogP contribution in [-0.2, 0) is 12.8 Å². The van der Waals surface area contributed by atoms with E-state index in [1.165, 1.54) is 0 Å². The molecule has 0 radical (unpaired) electrons. The summed E-state index contributed by atoms with van der Waals surface area (Å²) in [6.07, 6.45) is 1.79. The van der Waals surface area contributed by atoms with E-state index in [9.17, 15) is 0 Å². The van der Waals surface area contributed by atoms with Crippen molar-refractivity contribution in [3.8, 4) is 11.5 Å². The number of benzene rings is 2. The largest absolute Gasteiger partial charge is 0.457 e. The zero-order valence-electron chi connectivity index (χ0n) is 11.4. The van der Waals surface area contributed by atoms with Crippen LogP contribution in [0, 0.1) is 0 Å². The minimum absolute atomic E-state index is 0.804. The fraction of sp³-hybridized carbons (Fsp3) is 0.250. The first-order valence-electron chi connectivity index (χ1n) is 6.58. The Morgan fingerprint density at radius 2 is 1.21 bits per heavy atom. The molecule has 2 aromatic carbocycles. The fourth-order valence-electron chi connectivity index (χ4n) is 2.04. The maximum Gasteiger partial charge on any atom is 0.127 e. The Bertz CT molecular complexity index is 527. The zero-order valence-corrected chi connectivity index (χ0v) is 11.4. The number of aryl methyl sites for hydroxylation is 2. The summed E-state index contributed by atoms with van der Waals surface area (Å²) in [5.41, 5.74) is 15.6. The van der Waals surface area contributed by atoms with Crippen LogP contribution in [0.4, 0.5) is 11.4 Å². The number of nitrogen functional groups attached to an aromatic ring is 2. The van der Waals surface area contributed by atoms with Crippen molar-refractivity contribution < 1.29 is 4.74 Å². The van der Waals surface area contributed by atoms with Gasteiger partial charge in [-0.05, 0) is 60.4 Å². The molecule has 0 amide bonds. The van der Waals surface area contributed by atoms with Gasteiger partial charge in [0.25, 0.3) is 0 Å². The minimum atomic E-state index is 0.804. The molecule has 4 N–H and O–H groups in total. The van der Waals surface area contributed by atoms with Crippen LogP contribution in [-0.4, -0.2) is 0 Å². The van der Waals surface area contributed by atoms with Crippen molar-refractivity contribution in [1.82, 2.24) is 0 Å². The van der Waals surface area contributed by atoms with E-state index in [0.717, 1.165) is 46.8 Å². The monoisotopic (exact) mass is 256 g/mol. The Morgan fingerprint density at radius 3 is 1.58 bits per heavy atom. The molecule has 0 aliphatic rings. The second-order valence-corrected chi connectivity index (χ2v) is 4.53. The molecule has 2 rings (SSSR count). The fourth-order valence-corrected chi connectivity index (χ4v) is 2.04.